The molecule has 0 bridgehead atoms. The maximum absolute atomic E-state index is 8.85. The highest BCUT2D eigenvalue weighted by molar-refractivity contribution is 5.00. The van der Waals surface area contributed by atoms with Gasteiger partial charge in [0.15, 0.2) is 0 Å². The lowest BCUT2D eigenvalue weighted by molar-refractivity contribution is 0.200. The number of rotatable bonds is 3. The number of nitrogens with one attached hydrogen (secondary N) is 1. The molecule has 0 spiro atoms. The molecule has 3 heteroatoms. The maximum Gasteiger partial charge on any atom is 0.101 e. The van der Waals surface area contributed by atoms with Crippen LogP contribution >= 0.6 is 0 Å². The van der Waals surface area contributed by atoms with Crippen LogP contribution in [0.5, 0.6) is 0 Å². The van der Waals surface area contributed by atoms with Crippen LogP contribution in [-0.2, 0) is 0 Å². The molecule has 0 aromatic carbocycles. The number of nitrogens with zero attached hydrogens (tertiary/aromatic N) is 2. The predicted molar refractivity (Wildman–Crippen MR) is 57.9 cm³/mol. The lowest BCUT2D eigenvalue weighted by Crippen LogP contribution is -2.44. The molecule has 3 nitrogen and oxygen atoms in total. The van der Waals surface area contributed by atoms with Gasteiger partial charge in [0, 0.05) is 13.1 Å². The van der Waals surface area contributed by atoms with Gasteiger partial charge in [0.25, 0.3) is 0 Å². The summed E-state index contributed by atoms with van der Waals surface area (Å²) in [4.78, 5) is 2.37. The molecule has 1 N–H and O–H groups in total. The first-order chi connectivity index (χ1) is 6.53. The van der Waals surface area contributed by atoms with Crippen LogP contribution in [0, 0.1) is 17.2 Å². The molecule has 0 amide bonds. The van der Waals surface area contributed by atoms with Crippen molar-refractivity contribution in [3.63, 3.8) is 0 Å². The summed E-state index contributed by atoms with van der Waals surface area (Å²) in [5, 5.41) is 12.2. The normalized spacial score (nSPS) is 24.6. The summed E-state index contributed by atoms with van der Waals surface area (Å²) in [7, 11) is 2.17. The SMILES string of the molecule is CN1CCCC(CNC(C)(C)C#N)C1. The highest BCUT2D eigenvalue weighted by Crippen LogP contribution is 2.14. The smallest absolute Gasteiger partial charge is 0.101 e. The van der Waals surface area contributed by atoms with Crippen LogP contribution in [0.15, 0.2) is 0 Å². The van der Waals surface area contributed by atoms with Crippen molar-refractivity contribution in [3.05, 3.63) is 0 Å². The molecule has 0 radical (unpaired) electrons. The van der Waals surface area contributed by atoms with Gasteiger partial charge in [-0.2, -0.15) is 5.26 Å². The van der Waals surface area contributed by atoms with Crippen molar-refractivity contribution in [2.45, 2.75) is 32.2 Å². The Kier molecular flexibility index (Phi) is 3.91. The highest BCUT2D eigenvalue weighted by atomic mass is 15.1. The van der Waals surface area contributed by atoms with Crippen LogP contribution < -0.4 is 5.32 Å². The number of piperidine rings is 1. The van der Waals surface area contributed by atoms with Crippen molar-refractivity contribution < 1.29 is 0 Å². The van der Waals surface area contributed by atoms with Crippen LogP contribution in [0.1, 0.15) is 26.7 Å². The number of hydrogen-bond donors (Lipinski definition) is 1. The topological polar surface area (TPSA) is 39.1 Å². The molecule has 1 unspecified atom stereocenters. The average molecular weight is 195 g/mol. The average Bonchev–Trinajstić information content (AvgIpc) is 2.15. The van der Waals surface area contributed by atoms with Crippen LogP contribution in [0.4, 0.5) is 0 Å². The summed E-state index contributed by atoms with van der Waals surface area (Å²) in [5.74, 6) is 0.710. The number of nitriles is 1. The second kappa shape index (κ2) is 4.77. The highest BCUT2D eigenvalue weighted by Gasteiger charge is 2.21. The van der Waals surface area contributed by atoms with Gasteiger partial charge in [0.1, 0.15) is 5.54 Å². The molecule has 1 heterocycles. The van der Waals surface area contributed by atoms with Gasteiger partial charge in [-0.1, -0.05) is 0 Å². The number of hydrogen-bond acceptors (Lipinski definition) is 3. The molecule has 1 aliphatic heterocycles. The summed E-state index contributed by atoms with van der Waals surface area (Å²) >= 11 is 0. The fourth-order valence-corrected chi connectivity index (χ4v) is 1.88. The standard InChI is InChI=1S/C11H21N3/c1-11(2,9-12)13-7-10-5-4-6-14(3)8-10/h10,13H,4-8H2,1-3H3. The minimum Gasteiger partial charge on any atom is -0.306 e. The molecule has 14 heavy (non-hydrogen) atoms. The third-order valence-electron chi connectivity index (χ3n) is 2.83. The molecule has 0 aromatic heterocycles. The zero-order chi connectivity index (χ0) is 10.6. The first-order valence-electron chi connectivity index (χ1n) is 5.38. The Morgan fingerprint density at radius 3 is 2.86 bits per heavy atom. The summed E-state index contributed by atoms with van der Waals surface area (Å²) < 4.78 is 0. The van der Waals surface area contributed by atoms with Crippen LogP contribution in [0.3, 0.4) is 0 Å². The Bertz CT molecular complexity index is 217. The fraction of sp³-hybridized carbons (Fsp3) is 0.909. The molecular weight excluding hydrogens is 174 g/mol. The van der Waals surface area contributed by atoms with E-state index < -0.39 is 0 Å². The third kappa shape index (κ3) is 3.65. The lowest BCUT2D eigenvalue weighted by atomic mass is 9.97. The molecule has 1 atom stereocenters. The van der Waals surface area contributed by atoms with Crippen LogP contribution in [0.25, 0.3) is 0 Å². The summed E-state index contributed by atoms with van der Waals surface area (Å²) in [6, 6.07) is 2.27. The van der Waals surface area contributed by atoms with Gasteiger partial charge in [-0.25, -0.2) is 0 Å². The molecule has 0 aliphatic carbocycles. The third-order valence-corrected chi connectivity index (χ3v) is 2.83. The van der Waals surface area contributed by atoms with E-state index in [0.29, 0.717) is 5.92 Å². The van der Waals surface area contributed by atoms with Gasteiger partial charge in [0.05, 0.1) is 6.07 Å². The van der Waals surface area contributed by atoms with E-state index in [1.165, 1.54) is 19.4 Å². The fourth-order valence-electron chi connectivity index (χ4n) is 1.88. The Hall–Kier alpha value is -0.590. The largest absolute Gasteiger partial charge is 0.306 e. The first kappa shape index (κ1) is 11.5. The molecule has 0 aromatic rings. The van der Waals surface area contributed by atoms with Gasteiger partial charge in [-0.05, 0) is 46.2 Å². The van der Waals surface area contributed by atoms with Gasteiger partial charge in [-0.15, -0.1) is 0 Å². The molecule has 80 valence electrons. The minimum atomic E-state index is -0.379. The van der Waals surface area contributed by atoms with Crippen LogP contribution in [-0.4, -0.2) is 37.1 Å². The van der Waals surface area contributed by atoms with Gasteiger partial charge in [-0.3, -0.25) is 5.32 Å². The Morgan fingerprint density at radius 2 is 2.29 bits per heavy atom. The molecule has 1 saturated heterocycles. The Morgan fingerprint density at radius 1 is 1.57 bits per heavy atom. The van der Waals surface area contributed by atoms with E-state index in [2.05, 4.69) is 23.3 Å². The van der Waals surface area contributed by atoms with Crippen molar-refractivity contribution in [1.29, 1.82) is 5.26 Å². The van der Waals surface area contributed by atoms with Gasteiger partial charge in [0.2, 0.25) is 0 Å². The quantitative estimate of drug-likeness (QED) is 0.736. The Balaban J connectivity index is 2.28. The molecule has 1 aliphatic rings. The van der Waals surface area contributed by atoms with E-state index in [1.54, 1.807) is 0 Å². The summed E-state index contributed by atoms with van der Waals surface area (Å²) in [6.45, 7) is 7.20. The van der Waals surface area contributed by atoms with Crippen LogP contribution in [0.2, 0.25) is 0 Å². The zero-order valence-corrected chi connectivity index (χ0v) is 9.51. The second-order valence-electron chi connectivity index (χ2n) is 4.89. The lowest BCUT2D eigenvalue weighted by Gasteiger charge is -2.31. The van der Waals surface area contributed by atoms with Crippen molar-refractivity contribution in [1.82, 2.24) is 10.2 Å². The van der Waals surface area contributed by atoms with E-state index in [4.69, 9.17) is 5.26 Å². The van der Waals surface area contributed by atoms with Crippen molar-refractivity contribution in [2.24, 2.45) is 5.92 Å². The minimum absolute atomic E-state index is 0.379. The Labute approximate surface area is 87.1 Å². The summed E-state index contributed by atoms with van der Waals surface area (Å²) in [6.07, 6.45) is 2.58. The van der Waals surface area contributed by atoms with Crippen molar-refractivity contribution >= 4 is 0 Å². The zero-order valence-electron chi connectivity index (χ0n) is 9.51. The summed E-state index contributed by atoms with van der Waals surface area (Å²) in [5.41, 5.74) is -0.379. The number of likely N-dealkylation sites (tertiary alicyclic amines) is 1. The van der Waals surface area contributed by atoms with E-state index >= 15 is 0 Å². The van der Waals surface area contributed by atoms with Crippen molar-refractivity contribution in [2.75, 3.05) is 26.7 Å². The van der Waals surface area contributed by atoms with Gasteiger partial charge < -0.3 is 4.90 Å². The van der Waals surface area contributed by atoms with E-state index in [9.17, 15) is 0 Å². The van der Waals surface area contributed by atoms with E-state index in [-0.39, 0.29) is 5.54 Å². The first-order valence-corrected chi connectivity index (χ1v) is 5.38. The predicted octanol–water partition coefficient (Wildman–Crippen LogP) is 1.22. The van der Waals surface area contributed by atoms with Crippen molar-refractivity contribution in [3.8, 4) is 6.07 Å². The van der Waals surface area contributed by atoms with E-state index in [0.717, 1.165) is 13.1 Å². The molecule has 0 saturated carbocycles. The van der Waals surface area contributed by atoms with E-state index in [1.807, 2.05) is 13.8 Å². The second-order valence-corrected chi connectivity index (χ2v) is 4.89. The maximum atomic E-state index is 8.85. The van der Waals surface area contributed by atoms with Gasteiger partial charge >= 0.3 is 0 Å². The monoisotopic (exact) mass is 195 g/mol. The molecule has 1 fully saturated rings. The molecule has 1 rings (SSSR count). The molecular formula is C11H21N3.